The molecule has 0 unspecified atom stereocenters. The van der Waals surface area contributed by atoms with Crippen LogP contribution in [0.4, 0.5) is 0 Å². The molecule has 0 spiro atoms. The second-order valence-corrected chi connectivity index (χ2v) is 5.32. The van der Waals surface area contributed by atoms with E-state index in [9.17, 15) is 4.79 Å². The Bertz CT molecular complexity index is 341. The van der Waals surface area contributed by atoms with E-state index in [1.54, 1.807) is 11.3 Å². The topological polar surface area (TPSA) is 68.0 Å². The van der Waals surface area contributed by atoms with E-state index >= 15 is 0 Å². The van der Waals surface area contributed by atoms with Crippen molar-refractivity contribution in [2.45, 2.75) is 32.7 Å². The lowest BCUT2D eigenvalue weighted by atomic mass is 9.98. The Hall–Kier alpha value is -0.940. The Morgan fingerprint density at radius 1 is 1.60 bits per heavy atom. The van der Waals surface area contributed by atoms with Gasteiger partial charge in [-0.05, 0) is 0 Å². The first-order valence-corrected chi connectivity index (χ1v) is 5.71. The molecule has 0 aromatic carbocycles. The van der Waals surface area contributed by atoms with Crippen LogP contribution in [0, 0.1) is 0 Å². The number of thiazole rings is 1. The Labute approximate surface area is 93.9 Å². The van der Waals surface area contributed by atoms with E-state index in [0.717, 1.165) is 10.7 Å². The van der Waals surface area contributed by atoms with E-state index in [2.05, 4.69) is 31.1 Å². The molecule has 1 aromatic heterocycles. The standard InChI is InChI=1S/C10H17N3OS/c1-10(2,3)9-13-7(6-15-9)4-12-5-8(11)14/h6,12H,4-5H2,1-3H3,(H2,11,14). The predicted octanol–water partition coefficient (Wildman–Crippen LogP) is 1.02. The van der Waals surface area contributed by atoms with E-state index in [0.29, 0.717) is 6.54 Å². The van der Waals surface area contributed by atoms with Crippen molar-refractivity contribution in [3.8, 4) is 0 Å². The van der Waals surface area contributed by atoms with Crippen LogP contribution in [-0.2, 0) is 16.8 Å². The minimum atomic E-state index is -0.346. The molecule has 1 rings (SSSR count). The highest BCUT2D eigenvalue weighted by molar-refractivity contribution is 7.09. The van der Waals surface area contributed by atoms with E-state index in [1.807, 2.05) is 5.38 Å². The number of nitrogens with zero attached hydrogens (tertiary/aromatic N) is 1. The van der Waals surface area contributed by atoms with Crippen LogP contribution in [0.3, 0.4) is 0 Å². The number of carbonyl (C=O) groups excluding carboxylic acids is 1. The Morgan fingerprint density at radius 3 is 2.73 bits per heavy atom. The number of hydrogen-bond acceptors (Lipinski definition) is 4. The normalized spacial score (nSPS) is 11.7. The Morgan fingerprint density at radius 2 is 2.27 bits per heavy atom. The molecule has 0 saturated carbocycles. The Kier molecular flexibility index (Phi) is 3.82. The second-order valence-electron chi connectivity index (χ2n) is 4.46. The number of rotatable bonds is 4. The maximum atomic E-state index is 10.5. The van der Waals surface area contributed by atoms with Crippen molar-refractivity contribution in [2.75, 3.05) is 6.54 Å². The summed E-state index contributed by atoms with van der Waals surface area (Å²) in [7, 11) is 0. The summed E-state index contributed by atoms with van der Waals surface area (Å²) in [6, 6.07) is 0. The molecule has 0 fully saturated rings. The van der Waals surface area contributed by atoms with Gasteiger partial charge < -0.3 is 11.1 Å². The SMILES string of the molecule is CC(C)(C)c1nc(CNCC(N)=O)cs1. The molecule has 0 aliphatic carbocycles. The fraction of sp³-hybridized carbons (Fsp3) is 0.600. The van der Waals surface area contributed by atoms with Crippen molar-refractivity contribution < 1.29 is 4.79 Å². The summed E-state index contributed by atoms with van der Waals surface area (Å²) < 4.78 is 0. The zero-order chi connectivity index (χ0) is 11.5. The summed E-state index contributed by atoms with van der Waals surface area (Å²) >= 11 is 1.65. The van der Waals surface area contributed by atoms with Crippen molar-refractivity contribution in [2.24, 2.45) is 5.73 Å². The summed E-state index contributed by atoms with van der Waals surface area (Å²) in [6.07, 6.45) is 0. The molecule has 84 valence electrons. The maximum absolute atomic E-state index is 10.5. The lowest BCUT2D eigenvalue weighted by Crippen LogP contribution is -2.28. The number of primary amides is 1. The van der Waals surface area contributed by atoms with E-state index < -0.39 is 0 Å². The molecule has 5 heteroatoms. The molecular formula is C10H17N3OS. The first-order chi connectivity index (χ1) is 6.89. The number of aromatic nitrogens is 1. The minimum Gasteiger partial charge on any atom is -0.369 e. The van der Waals surface area contributed by atoms with E-state index in [4.69, 9.17) is 5.73 Å². The van der Waals surface area contributed by atoms with Gasteiger partial charge in [0.1, 0.15) is 0 Å². The Balaban J connectivity index is 2.50. The van der Waals surface area contributed by atoms with Crippen LogP contribution in [0.2, 0.25) is 0 Å². The molecule has 4 nitrogen and oxygen atoms in total. The van der Waals surface area contributed by atoms with Gasteiger partial charge in [0.25, 0.3) is 0 Å². The zero-order valence-corrected chi connectivity index (χ0v) is 10.1. The number of hydrogen-bond donors (Lipinski definition) is 2. The highest BCUT2D eigenvalue weighted by Crippen LogP contribution is 2.25. The van der Waals surface area contributed by atoms with Crippen molar-refractivity contribution in [1.29, 1.82) is 0 Å². The number of nitrogens with one attached hydrogen (secondary N) is 1. The summed E-state index contributed by atoms with van der Waals surface area (Å²) in [5, 5.41) is 6.05. The molecule has 0 atom stereocenters. The summed E-state index contributed by atoms with van der Waals surface area (Å²) in [5.74, 6) is -0.346. The lowest BCUT2D eigenvalue weighted by molar-refractivity contribution is -0.117. The molecule has 0 aliphatic rings. The summed E-state index contributed by atoms with van der Waals surface area (Å²) in [6.45, 7) is 7.18. The van der Waals surface area contributed by atoms with Crippen LogP contribution in [-0.4, -0.2) is 17.4 Å². The minimum absolute atomic E-state index is 0.0899. The number of carbonyl (C=O) groups is 1. The largest absolute Gasteiger partial charge is 0.369 e. The second kappa shape index (κ2) is 4.72. The van der Waals surface area contributed by atoms with Crippen LogP contribution in [0.25, 0.3) is 0 Å². The smallest absolute Gasteiger partial charge is 0.231 e. The molecule has 1 heterocycles. The van der Waals surface area contributed by atoms with Gasteiger partial charge in [-0.3, -0.25) is 4.79 Å². The van der Waals surface area contributed by atoms with Gasteiger partial charge in [0.15, 0.2) is 0 Å². The van der Waals surface area contributed by atoms with Gasteiger partial charge in [-0.2, -0.15) is 0 Å². The predicted molar refractivity (Wildman–Crippen MR) is 61.7 cm³/mol. The first kappa shape index (κ1) is 12.1. The molecule has 1 amide bonds. The van der Waals surface area contributed by atoms with Crippen molar-refractivity contribution >= 4 is 17.2 Å². The molecule has 0 saturated heterocycles. The van der Waals surface area contributed by atoms with Crippen molar-refractivity contribution in [3.63, 3.8) is 0 Å². The molecular weight excluding hydrogens is 210 g/mol. The third-order valence-electron chi connectivity index (χ3n) is 1.80. The van der Waals surface area contributed by atoms with E-state index in [1.165, 1.54) is 0 Å². The first-order valence-electron chi connectivity index (χ1n) is 4.83. The van der Waals surface area contributed by atoms with Crippen molar-refractivity contribution in [1.82, 2.24) is 10.3 Å². The van der Waals surface area contributed by atoms with Crippen LogP contribution in [0.1, 0.15) is 31.5 Å². The molecule has 3 N–H and O–H groups in total. The fourth-order valence-corrected chi connectivity index (χ4v) is 1.95. The van der Waals surface area contributed by atoms with Gasteiger partial charge in [0, 0.05) is 17.3 Å². The quantitative estimate of drug-likeness (QED) is 0.807. The van der Waals surface area contributed by atoms with Gasteiger partial charge in [0.05, 0.1) is 17.2 Å². The van der Waals surface area contributed by atoms with E-state index in [-0.39, 0.29) is 17.9 Å². The molecule has 1 aromatic rings. The van der Waals surface area contributed by atoms with Crippen LogP contribution < -0.4 is 11.1 Å². The molecule has 0 radical (unpaired) electrons. The van der Waals surface area contributed by atoms with Crippen molar-refractivity contribution in [3.05, 3.63) is 16.1 Å². The zero-order valence-electron chi connectivity index (χ0n) is 9.33. The van der Waals surface area contributed by atoms with Gasteiger partial charge in [0.2, 0.25) is 5.91 Å². The third-order valence-corrected chi connectivity index (χ3v) is 3.12. The highest BCUT2D eigenvalue weighted by atomic mass is 32.1. The lowest BCUT2D eigenvalue weighted by Gasteiger charge is -2.13. The highest BCUT2D eigenvalue weighted by Gasteiger charge is 2.17. The van der Waals surface area contributed by atoms with Crippen LogP contribution >= 0.6 is 11.3 Å². The van der Waals surface area contributed by atoms with Crippen LogP contribution in [0.15, 0.2) is 5.38 Å². The fourth-order valence-electron chi connectivity index (χ4n) is 1.05. The summed E-state index contributed by atoms with van der Waals surface area (Å²) in [5.41, 5.74) is 6.07. The third kappa shape index (κ3) is 3.97. The average Bonchev–Trinajstić information content (AvgIpc) is 2.51. The summed E-state index contributed by atoms with van der Waals surface area (Å²) in [4.78, 5) is 15.0. The maximum Gasteiger partial charge on any atom is 0.231 e. The van der Waals surface area contributed by atoms with Gasteiger partial charge in [-0.15, -0.1) is 11.3 Å². The van der Waals surface area contributed by atoms with Crippen LogP contribution in [0.5, 0.6) is 0 Å². The number of nitrogens with two attached hydrogens (primary N) is 1. The molecule has 0 aliphatic heterocycles. The number of amides is 1. The molecule has 15 heavy (non-hydrogen) atoms. The monoisotopic (exact) mass is 227 g/mol. The van der Waals surface area contributed by atoms with Gasteiger partial charge >= 0.3 is 0 Å². The average molecular weight is 227 g/mol. The van der Waals surface area contributed by atoms with Gasteiger partial charge in [-0.1, -0.05) is 20.8 Å². The molecule has 0 bridgehead atoms. The van der Waals surface area contributed by atoms with Gasteiger partial charge in [-0.25, -0.2) is 4.98 Å².